The number of nitrogens with zero attached hydrogens (tertiary/aromatic N) is 5. The van der Waals surface area contributed by atoms with Crippen LogP contribution in [0.4, 0.5) is 0 Å². The maximum atomic E-state index is 11.1. The maximum absolute atomic E-state index is 11.1. The van der Waals surface area contributed by atoms with Crippen LogP contribution in [0, 0.1) is 0 Å². The molecule has 1 aliphatic carbocycles. The lowest BCUT2D eigenvalue weighted by Crippen LogP contribution is -2.15. The first-order valence-corrected chi connectivity index (χ1v) is 8.90. The van der Waals surface area contributed by atoms with Crippen LogP contribution < -0.4 is 5.73 Å². The van der Waals surface area contributed by atoms with Crippen LogP contribution in [0.25, 0.3) is 11.6 Å². The average Bonchev–Trinajstić information content (AvgIpc) is 3.04. The largest absolute Gasteiger partial charge is 0.461 e. The molecule has 3 aromatic heterocycles. The number of amides is 1. The highest BCUT2D eigenvalue weighted by Crippen LogP contribution is 2.40. The van der Waals surface area contributed by atoms with E-state index in [9.17, 15) is 4.79 Å². The molecule has 130 valence electrons. The van der Waals surface area contributed by atoms with E-state index in [0.717, 1.165) is 23.8 Å². The van der Waals surface area contributed by atoms with E-state index in [1.54, 1.807) is 18.4 Å². The van der Waals surface area contributed by atoms with Crippen molar-refractivity contribution in [2.75, 3.05) is 0 Å². The van der Waals surface area contributed by atoms with E-state index < -0.39 is 0 Å². The summed E-state index contributed by atoms with van der Waals surface area (Å²) in [5.41, 5.74) is 5.27. The second kappa shape index (κ2) is 6.71. The Morgan fingerprint density at radius 3 is 3.00 bits per heavy atom. The summed E-state index contributed by atoms with van der Waals surface area (Å²) in [5.74, 6) is 2.90. The van der Waals surface area contributed by atoms with Crippen LogP contribution in [0.5, 0.6) is 0 Å². The van der Waals surface area contributed by atoms with Gasteiger partial charge in [-0.15, -0.1) is 10.2 Å². The number of furan rings is 1. The Balaban J connectivity index is 1.46. The zero-order valence-corrected chi connectivity index (χ0v) is 14.1. The van der Waals surface area contributed by atoms with Gasteiger partial charge < -0.3 is 19.2 Å². The molecular weight excluding hydrogens is 344 g/mol. The zero-order chi connectivity index (χ0) is 17.2. The highest BCUT2D eigenvalue weighted by Gasteiger charge is 2.30. The molecule has 0 saturated heterocycles. The molecule has 0 bridgehead atoms. The van der Waals surface area contributed by atoms with E-state index in [2.05, 4.69) is 20.3 Å². The van der Waals surface area contributed by atoms with Crippen molar-refractivity contribution in [3.63, 3.8) is 0 Å². The lowest BCUT2D eigenvalue weighted by molar-refractivity contribution is -0.118. The number of nitrogens with two attached hydrogens (primary N) is 1. The van der Waals surface area contributed by atoms with Crippen LogP contribution in [0.2, 0.25) is 0 Å². The number of hydrogen-bond acceptors (Lipinski definition) is 8. The van der Waals surface area contributed by atoms with Gasteiger partial charge in [0, 0.05) is 18.9 Å². The highest BCUT2D eigenvalue weighted by atomic mass is 32.2. The van der Waals surface area contributed by atoms with Gasteiger partial charge in [-0.2, -0.15) is 4.98 Å². The molecular formula is C15H16N6O3S. The summed E-state index contributed by atoms with van der Waals surface area (Å²) in [6.07, 6.45) is 4.03. The van der Waals surface area contributed by atoms with Crippen LogP contribution >= 0.6 is 11.8 Å². The fourth-order valence-electron chi connectivity index (χ4n) is 2.43. The number of rotatable bonds is 8. The van der Waals surface area contributed by atoms with Gasteiger partial charge in [-0.05, 0) is 25.0 Å². The molecule has 3 heterocycles. The summed E-state index contributed by atoms with van der Waals surface area (Å²) in [4.78, 5) is 15.4. The first-order chi connectivity index (χ1) is 12.2. The topological polar surface area (TPSA) is 126 Å². The fourth-order valence-corrected chi connectivity index (χ4v) is 3.24. The van der Waals surface area contributed by atoms with Gasteiger partial charge in [-0.3, -0.25) is 4.79 Å². The second-order valence-corrected chi connectivity index (χ2v) is 6.70. The summed E-state index contributed by atoms with van der Waals surface area (Å²) in [7, 11) is 0. The van der Waals surface area contributed by atoms with E-state index in [0.29, 0.717) is 35.7 Å². The zero-order valence-electron chi connectivity index (χ0n) is 13.3. The predicted octanol–water partition coefficient (Wildman–Crippen LogP) is 1.97. The number of primary amides is 1. The third-order valence-electron chi connectivity index (χ3n) is 3.80. The van der Waals surface area contributed by atoms with Crippen molar-refractivity contribution in [3.8, 4) is 11.6 Å². The van der Waals surface area contributed by atoms with Gasteiger partial charge in [0.05, 0.1) is 12.0 Å². The molecule has 1 amide bonds. The fraction of sp³-hybridized carbons (Fsp3) is 0.400. The molecule has 25 heavy (non-hydrogen) atoms. The minimum absolute atomic E-state index is 0.258. The summed E-state index contributed by atoms with van der Waals surface area (Å²) in [6.45, 7) is 0.484. The maximum Gasteiger partial charge on any atom is 0.238 e. The Bertz CT molecular complexity index is 868. The molecule has 4 rings (SSSR count). The first-order valence-electron chi connectivity index (χ1n) is 7.91. The van der Waals surface area contributed by atoms with Gasteiger partial charge in [0.25, 0.3) is 0 Å². The van der Waals surface area contributed by atoms with Crippen molar-refractivity contribution in [2.24, 2.45) is 5.73 Å². The van der Waals surface area contributed by atoms with Gasteiger partial charge in [-0.1, -0.05) is 16.9 Å². The Morgan fingerprint density at radius 2 is 2.28 bits per heavy atom. The molecule has 0 aliphatic heterocycles. The summed E-state index contributed by atoms with van der Waals surface area (Å²) in [6, 6.07) is 3.53. The third kappa shape index (κ3) is 3.58. The van der Waals surface area contributed by atoms with Crippen LogP contribution in [0.3, 0.4) is 0 Å². The molecule has 2 N–H and O–H groups in total. The van der Waals surface area contributed by atoms with E-state index >= 15 is 0 Å². The molecule has 0 spiro atoms. The van der Waals surface area contributed by atoms with Crippen LogP contribution in [-0.4, -0.2) is 30.8 Å². The smallest absolute Gasteiger partial charge is 0.238 e. The van der Waals surface area contributed by atoms with E-state index in [-0.39, 0.29) is 12.3 Å². The molecule has 9 nitrogen and oxygen atoms in total. The molecule has 0 unspecified atom stereocenters. The molecule has 1 aliphatic rings. The third-order valence-corrected chi connectivity index (χ3v) is 4.76. The van der Waals surface area contributed by atoms with Gasteiger partial charge in [0.2, 0.25) is 17.6 Å². The number of carbonyl (C=O) groups excluding carboxylic acids is 1. The summed E-state index contributed by atoms with van der Waals surface area (Å²) in [5, 5.41) is 13.1. The average molecular weight is 360 g/mol. The minimum Gasteiger partial charge on any atom is -0.461 e. The van der Waals surface area contributed by atoms with E-state index in [1.165, 1.54) is 11.8 Å². The van der Waals surface area contributed by atoms with Crippen molar-refractivity contribution >= 4 is 17.7 Å². The van der Waals surface area contributed by atoms with Crippen molar-refractivity contribution in [1.82, 2.24) is 24.9 Å². The van der Waals surface area contributed by atoms with Crippen molar-refractivity contribution in [3.05, 3.63) is 30.1 Å². The Labute approximate surface area is 147 Å². The molecule has 1 fully saturated rings. The molecule has 0 aromatic carbocycles. The van der Waals surface area contributed by atoms with Crippen molar-refractivity contribution < 1.29 is 13.7 Å². The molecule has 0 radical (unpaired) electrons. The van der Waals surface area contributed by atoms with Gasteiger partial charge in [-0.25, -0.2) is 0 Å². The van der Waals surface area contributed by atoms with E-state index in [1.807, 2.05) is 4.57 Å². The Morgan fingerprint density at radius 1 is 1.40 bits per heavy atom. The monoisotopic (exact) mass is 360 g/mol. The van der Waals surface area contributed by atoms with Crippen LogP contribution in [-0.2, 0) is 17.1 Å². The predicted molar refractivity (Wildman–Crippen MR) is 87.4 cm³/mol. The van der Waals surface area contributed by atoms with Crippen LogP contribution in [0.15, 0.2) is 32.5 Å². The van der Waals surface area contributed by atoms with Crippen molar-refractivity contribution in [1.29, 1.82) is 0 Å². The minimum atomic E-state index is -0.341. The number of hydrogen-bond donors (Lipinski definition) is 1. The first kappa shape index (κ1) is 15.9. The normalized spacial score (nSPS) is 14.1. The molecule has 10 heteroatoms. The SMILES string of the molecule is NC(=O)CCn1c(SCc2nc(-c3ccco3)no2)nnc1C1CC1. The summed E-state index contributed by atoms with van der Waals surface area (Å²) >= 11 is 1.44. The van der Waals surface area contributed by atoms with E-state index in [4.69, 9.17) is 14.7 Å². The molecule has 1 saturated carbocycles. The van der Waals surface area contributed by atoms with Crippen molar-refractivity contribution in [2.45, 2.75) is 42.6 Å². The van der Waals surface area contributed by atoms with Crippen LogP contribution in [0.1, 0.15) is 36.9 Å². The highest BCUT2D eigenvalue weighted by molar-refractivity contribution is 7.98. The number of thioether (sulfide) groups is 1. The summed E-state index contributed by atoms with van der Waals surface area (Å²) < 4.78 is 12.5. The standard InChI is InChI=1S/C15H16N6O3S/c16-11(22)5-6-21-14(9-3-4-9)18-19-15(21)25-8-12-17-13(20-24-12)10-2-1-7-23-10/h1-2,7,9H,3-6,8H2,(H2,16,22). The molecule has 0 atom stereocenters. The number of aromatic nitrogens is 5. The quantitative estimate of drug-likeness (QED) is 0.604. The number of carbonyl (C=O) groups is 1. The molecule has 3 aromatic rings. The van der Waals surface area contributed by atoms with Gasteiger partial charge >= 0.3 is 0 Å². The Hall–Kier alpha value is -2.62. The van der Waals surface area contributed by atoms with Gasteiger partial charge in [0.15, 0.2) is 10.9 Å². The lowest BCUT2D eigenvalue weighted by atomic mass is 10.3. The second-order valence-electron chi connectivity index (χ2n) is 5.76. The van der Waals surface area contributed by atoms with Gasteiger partial charge in [0.1, 0.15) is 5.82 Å². The lowest BCUT2D eigenvalue weighted by Gasteiger charge is -2.07. The Kier molecular flexibility index (Phi) is 4.26.